The second-order valence-corrected chi connectivity index (χ2v) is 7.91. The minimum atomic E-state index is -0.162. The first-order valence-electron chi connectivity index (χ1n) is 10.2. The second kappa shape index (κ2) is 7.92. The lowest BCUT2D eigenvalue weighted by Crippen LogP contribution is -2.44. The number of oxazole rings is 1. The molecular formula is C22H23N7O2. The molecule has 1 fully saturated rings. The summed E-state index contributed by atoms with van der Waals surface area (Å²) >= 11 is 0. The van der Waals surface area contributed by atoms with Crippen molar-refractivity contribution in [2.45, 2.75) is 6.42 Å². The van der Waals surface area contributed by atoms with Crippen molar-refractivity contribution in [1.82, 2.24) is 29.9 Å². The van der Waals surface area contributed by atoms with Gasteiger partial charge in [-0.1, -0.05) is 6.07 Å². The summed E-state index contributed by atoms with van der Waals surface area (Å²) in [4.78, 5) is 21.4. The summed E-state index contributed by atoms with van der Waals surface area (Å²) in [7, 11) is 3.98. The number of hydrogen-bond donors (Lipinski definition) is 0. The number of likely N-dealkylation sites (N-methyl/N-ethyl adjacent to an activating group) is 1. The lowest BCUT2D eigenvalue weighted by atomic mass is 10.1. The molecule has 9 nitrogen and oxygen atoms in total. The van der Waals surface area contributed by atoms with Crippen molar-refractivity contribution in [3.63, 3.8) is 0 Å². The maximum absolute atomic E-state index is 12.8. The van der Waals surface area contributed by atoms with E-state index in [1.807, 2.05) is 43.7 Å². The number of piperazine rings is 1. The van der Waals surface area contributed by atoms with Crippen molar-refractivity contribution in [2.75, 3.05) is 38.1 Å². The third-order valence-electron chi connectivity index (χ3n) is 5.56. The molecule has 1 aliphatic rings. The fraction of sp³-hybridized carbons (Fsp3) is 0.318. The van der Waals surface area contributed by atoms with E-state index in [0.717, 1.165) is 48.2 Å². The predicted octanol–water partition coefficient (Wildman–Crippen LogP) is 2.20. The average molecular weight is 417 g/mol. The van der Waals surface area contributed by atoms with Crippen LogP contribution in [-0.4, -0.2) is 68.9 Å². The topological polar surface area (TPSA) is 93.2 Å². The van der Waals surface area contributed by atoms with Crippen LogP contribution in [0, 0.1) is 0 Å². The number of benzene rings is 1. The summed E-state index contributed by atoms with van der Waals surface area (Å²) in [5, 5.41) is 13.6. The first-order valence-corrected chi connectivity index (χ1v) is 10.2. The Labute approximate surface area is 179 Å². The maximum Gasteiger partial charge on any atom is 0.297 e. The SMILES string of the molecule is CN1CCN(c2ncc(C(=O)Cc3cc4cc(-c5cnn(C)c5)ccc4nn3)o2)CC1. The van der Waals surface area contributed by atoms with Gasteiger partial charge in [0, 0.05) is 50.4 Å². The zero-order valence-electron chi connectivity index (χ0n) is 17.5. The van der Waals surface area contributed by atoms with Crippen LogP contribution in [0.3, 0.4) is 0 Å². The number of nitrogens with zero attached hydrogens (tertiary/aromatic N) is 7. The third-order valence-corrected chi connectivity index (χ3v) is 5.56. The number of anilines is 1. The van der Waals surface area contributed by atoms with Crippen LogP contribution in [0.5, 0.6) is 0 Å². The zero-order chi connectivity index (χ0) is 21.4. The molecule has 0 N–H and O–H groups in total. The Hall–Kier alpha value is -3.59. The number of aromatic nitrogens is 5. The number of Topliss-reactive ketones (excluding diaryl/α,β-unsaturated/α-hetero) is 1. The maximum atomic E-state index is 12.8. The Morgan fingerprint density at radius 1 is 1.03 bits per heavy atom. The first kappa shape index (κ1) is 19.4. The van der Waals surface area contributed by atoms with Gasteiger partial charge in [0.2, 0.25) is 5.78 Å². The van der Waals surface area contributed by atoms with Crippen LogP contribution in [0.1, 0.15) is 16.2 Å². The summed E-state index contributed by atoms with van der Waals surface area (Å²) in [6.07, 6.45) is 5.40. The van der Waals surface area contributed by atoms with Crippen molar-refractivity contribution in [1.29, 1.82) is 0 Å². The molecule has 4 heterocycles. The molecule has 1 aromatic carbocycles. The normalized spacial score (nSPS) is 15.0. The van der Waals surface area contributed by atoms with Gasteiger partial charge in [0.05, 0.1) is 30.0 Å². The summed E-state index contributed by atoms with van der Waals surface area (Å²) < 4.78 is 7.51. The number of carbonyl (C=O) groups excluding carboxylic acids is 1. The van der Waals surface area contributed by atoms with Gasteiger partial charge < -0.3 is 14.2 Å². The average Bonchev–Trinajstić information content (AvgIpc) is 3.43. The zero-order valence-corrected chi connectivity index (χ0v) is 17.5. The lowest BCUT2D eigenvalue weighted by Gasteiger charge is -2.31. The quantitative estimate of drug-likeness (QED) is 0.456. The molecule has 5 rings (SSSR count). The molecule has 0 amide bonds. The van der Waals surface area contributed by atoms with E-state index < -0.39 is 0 Å². The molecule has 0 saturated carbocycles. The Balaban J connectivity index is 1.33. The molecule has 0 unspecified atom stereocenters. The number of rotatable bonds is 5. The number of ketones is 1. The largest absolute Gasteiger partial charge is 0.420 e. The third kappa shape index (κ3) is 4.04. The molecule has 0 atom stereocenters. The minimum Gasteiger partial charge on any atom is -0.420 e. The van der Waals surface area contributed by atoms with Gasteiger partial charge in [0.1, 0.15) is 0 Å². The van der Waals surface area contributed by atoms with Crippen LogP contribution in [0.15, 0.2) is 47.3 Å². The van der Waals surface area contributed by atoms with Crippen molar-refractivity contribution in [2.24, 2.45) is 7.05 Å². The molecule has 0 aliphatic carbocycles. The Morgan fingerprint density at radius 2 is 1.87 bits per heavy atom. The number of fused-ring (bicyclic) bond motifs is 1. The van der Waals surface area contributed by atoms with Crippen molar-refractivity contribution in [3.05, 3.63) is 54.3 Å². The Morgan fingerprint density at radius 3 is 2.65 bits per heavy atom. The van der Waals surface area contributed by atoms with Gasteiger partial charge in [-0.25, -0.2) is 4.98 Å². The summed E-state index contributed by atoms with van der Waals surface area (Å²) in [6, 6.07) is 8.36. The summed E-state index contributed by atoms with van der Waals surface area (Å²) in [5.41, 5.74) is 3.44. The molecule has 0 radical (unpaired) electrons. The molecule has 3 aromatic heterocycles. The van der Waals surface area contributed by atoms with Gasteiger partial charge in [-0.3, -0.25) is 9.48 Å². The molecule has 31 heavy (non-hydrogen) atoms. The van der Waals surface area contributed by atoms with Crippen LogP contribution in [0.25, 0.3) is 22.0 Å². The minimum absolute atomic E-state index is 0.109. The van der Waals surface area contributed by atoms with E-state index in [1.54, 1.807) is 4.68 Å². The number of carbonyl (C=O) groups is 1. The highest BCUT2D eigenvalue weighted by Gasteiger charge is 2.21. The van der Waals surface area contributed by atoms with Crippen LogP contribution in [0.2, 0.25) is 0 Å². The molecule has 0 spiro atoms. The number of aryl methyl sites for hydroxylation is 1. The Kier molecular flexibility index (Phi) is 4.95. The summed E-state index contributed by atoms with van der Waals surface area (Å²) in [6.45, 7) is 3.55. The van der Waals surface area contributed by atoms with E-state index in [0.29, 0.717) is 11.7 Å². The fourth-order valence-electron chi connectivity index (χ4n) is 3.71. The second-order valence-electron chi connectivity index (χ2n) is 7.91. The van der Waals surface area contributed by atoms with Crippen LogP contribution < -0.4 is 4.90 Å². The Bertz CT molecular complexity index is 1240. The van der Waals surface area contributed by atoms with Crippen LogP contribution in [-0.2, 0) is 13.5 Å². The van der Waals surface area contributed by atoms with Crippen molar-refractivity contribution < 1.29 is 9.21 Å². The van der Waals surface area contributed by atoms with Gasteiger partial charge in [0.15, 0.2) is 5.76 Å². The monoisotopic (exact) mass is 417 g/mol. The van der Waals surface area contributed by atoms with Gasteiger partial charge in [-0.2, -0.15) is 15.3 Å². The lowest BCUT2D eigenvalue weighted by molar-refractivity contribution is 0.0965. The number of hydrogen-bond acceptors (Lipinski definition) is 8. The van der Waals surface area contributed by atoms with E-state index in [9.17, 15) is 4.79 Å². The van der Waals surface area contributed by atoms with Crippen molar-refractivity contribution >= 4 is 22.7 Å². The van der Waals surface area contributed by atoms with E-state index in [-0.39, 0.29) is 18.0 Å². The highest BCUT2D eigenvalue weighted by Crippen LogP contribution is 2.24. The predicted molar refractivity (Wildman–Crippen MR) is 116 cm³/mol. The smallest absolute Gasteiger partial charge is 0.297 e. The molecule has 0 bridgehead atoms. The van der Waals surface area contributed by atoms with E-state index >= 15 is 0 Å². The molecule has 4 aromatic rings. The standard InChI is InChI=1S/C22H23N7O2/c1-27-5-7-29(8-6-27)22-23-13-21(31-22)20(30)11-18-10-16-9-15(3-4-19(16)26-25-18)17-12-24-28(2)14-17/h3-4,9-10,12-14H,5-8,11H2,1-2H3. The van der Waals surface area contributed by atoms with Gasteiger partial charge in [-0.15, -0.1) is 0 Å². The van der Waals surface area contributed by atoms with E-state index in [2.05, 4.69) is 37.1 Å². The van der Waals surface area contributed by atoms with Crippen molar-refractivity contribution in [3.8, 4) is 11.1 Å². The first-order chi connectivity index (χ1) is 15.0. The fourth-order valence-corrected chi connectivity index (χ4v) is 3.71. The molecule has 1 aliphatic heterocycles. The molecular weight excluding hydrogens is 394 g/mol. The highest BCUT2D eigenvalue weighted by atomic mass is 16.4. The molecule has 9 heteroatoms. The van der Waals surface area contributed by atoms with Gasteiger partial charge in [0.25, 0.3) is 6.01 Å². The van der Waals surface area contributed by atoms with Gasteiger partial charge in [-0.05, 0) is 30.8 Å². The van der Waals surface area contributed by atoms with E-state index in [1.165, 1.54) is 6.20 Å². The summed E-state index contributed by atoms with van der Waals surface area (Å²) in [5.74, 6) is 0.0878. The van der Waals surface area contributed by atoms with E-state index in [4.69, 9.17) is 4.42 Å². The molecule has 1 saturated heterocycles. The van der Waals surface area contributed by atoms with Crippen LogP contribution in [0.4, 0.5) is 6.01 Å². The van der Waals surface area contributed by atoms with Gasteiger partial charge >= 0.3 is 0 Å². The molecule has 158 valence electrons. The highest BCUT2D eigenvalue weighted by molar-refractivity contribution is 5.95. The van der Waals surface area contributed by atoms with Crippen LogP contribution >= 0.6 is 0 Å².